The number of benzene rings is 2. The Bertz CT molecular complexity index is 817. The Hall–Kier alpha value is -2.86. The van der Waals surface area contributed by atoms with Crippen molar-refractivity contribution in [3.05, 3.63) is 59.9 Å². The fraction of sp³-hybridized carbons (Fsp3) is 0.263. The highest BCUT2D eigenvalue weighted by atomic mass is 16.5. The van der Waals surface area contributed by atoms with E-state index in [1.54, 1.807) is 14.2 Å². The Morgan fingerprint density at radius 2 is 1.80 bits per heavy atom. The highest BCUT2D eigenvalue weighted by molar-refractivity contribution is 5.60. The first-order chi connectivity index (χ1) is 12.2. The molecule has 0 saturated carbocycles. The van der Waals surface area contributed by atoms with Crippen LogP contribution in [0.3, 0.4) is 0 Å². The molecule has 3 aromatic rings. The van der Waals surface area contributed by atoms with Gasteiger partial charge < -0.3 is 15.2 Å². The van der Waals surface area contributed by atoms with E-state index < -0.39 is 0 Å². The molecule has 0 bridgehead atoms. The van der Waals surface area contributed by atoms with Crippen LogP contribution >= 0.6 is 0 Å². The third kappa shape index (κ3) is 3.97. The molecule has 1 heterocycles. The lowest BCUT2D eigenvalue weighted by Gasteiger charge is -2.08. The molecule has 3 N–H and O–H groups in total. The second kappa shape index (κ2) is 7.81. The van der Waals surface area contributed by atoms with Gasteiger partial charge in [-0.25, -0.2) is 4.98 Å². The minimum absolute atomic E-state index is 0.193. The molecule has 2 aromatic carbocycles. The second-order valence-electron chi connectivity index (χ2n) is 5.74. The smallest absolute Gasteiger partial charge is 0.181 e. The van der Waals surface area contributed by atoms with Crippen molar-refractivity contribution in [3.63, 3.8) is 0 Å². The third-order valence-corrected chi connectivity index (χ3v) is 4.08. The maximum absolute atomic E-state index is 6.26. The van der Waals surface area contributed by atoms with Crippen molar-refractivity contribution in [1.82, 2.24) is 15.2 Å². The first-order valence-electron chi connectivity index (χ1n) is 8.15. The van der Waals surface area contributed by atoms with Crippen molar-refractivity contribution in [1.29, 1.82) is 0 Å². The summed E-state index contributed by atoms with van der Waals surface area (Å²) < 4.78 is 10.6. The molecular weight excluding hydrogens is 316 g/mol. The lowest BCUT2D eigenvalue weighted by molar-refractivity contribution is 0.355. The van der Waals surface area contributed by atoms with Crippen molar-refractivity contribution < 1.29 is 9.47 Å². The van der Waals surface area contributed by atoms with E-state index in [9.17, 15) is 0 Å². The van der Waals surface area contributed by atoms with Gasteiger partial charge in [0.1, 0.15) is 5.82 Å². The lowest BCUT2D eigenvalue weighted by atomic mass is 10.1. The van der Waals surface area contributed by atoms with Crippen LogP contribution in [0.2, 0.25) is 0 Å². The number of nitrogens with two attached hydrogens (primary N) is 1. The summed E-state index contributed by atoms with van der Waals surface area (Å²) >= 11 is 0. The summed E-state index contributed by atoms with van der Waals surface area (Å²) in [5.41, 5.74) is 8.36. The summed E-state index contributed by atoms with van der Waals surface area (Å²) in [4.78, 5) is 4.54. The van der Waals surface area contributed by atoms with Gasteiger partial charge in [-0.2, -0.15) is 5.10 Å². The number of aromatic nitrogens is 3. The summed E-state index contributed by atoms with van der Waals surface area (Å²) in [7, 11) is 3.21. The van der Waals surface area contributed by atoms with E-state index in [1.807, 2.05) is 36.4 Å². The molecule has 1 aromatic heterocycles. The van der Waals surface area contributed by atoms with E-state index in [-0.39, 0.29) is 6.04 Å². The molecule has 3 rings (SSSR count). The molecule has 0 spiro atoms. The molecule has 130 valence electrons. The second-order valence-corrected chi connectivity index (χ2v) is 5.74. The molecule has 6 nitrogen and oxygen atoms in total. The predicted molar refractivity (Wildman–Crippen MR) is 96.6 cm³/mol. The number of rotatable bonds is 7. The Labute approximate surface area is 147 Å². The molecule has 0 aliphatic rings. The first-order valence-corrected chi connectivity index (χ1v) is 8.15. The number of nitrogens with one attached hydrogen (secondary N) is 1. The SMILES string of the molecule is COc1ccc(-c2n[nH]c([C@H](N)CCc3ccccc3)n2)cc1OC. The number of ether oxygens (including phenoxy) is 2. The van der Waals surface area contributed by atoms with Gasteiger partial charge in [0.25, 0.3) is 0 Å². The van der Waals surface area contributed by atoms with Gasteiger partial charge >= 0.3 is 0 Å². The quantitative estimate of drug-likeness (QED) is 0.691. The summed E-state index contributed by atoms with van der Waals surface area (Å²) in [6.45, 7) is 0. The number of hydrogen-bond donors (Lipinski definition) is 2. The van der Waals surface area contributed by atoms with Gasteiger partial charge in [0, 0.05) is 5.56 Å². The van der Waals surface area contributed by atoms with E-state index in [2.05, 4.69) is 27.3 Å². The minimum Gasteiger partial charge on any atom is -0.493 e. The molecule has 0 unspecified atom stereocenters. The monoisotopic (exact) mass is 338 g/mol. The number of methoxy groups -OCH3 is 2. The normalized spacial score (nSPS) is 12.0. The van der Waals surface area contributed by atoms with E-state index in [4.69, 9.17) is 15.2 Å². The molecular formula is C19H22N4O2. The molecule has 0 amide bonds. The van der Waals surface area contributed by atoms with Crippen molar-refractivity contribution in [2.24, 2.45) is 5.73 Å². The van der Waals surface area contributed by atoms with Crippen LogP contribution in [0.1, 0.15) is 23.9 Å². The summed E-state index contributed by atoms with van der Waals surface area (Å²) in [5.74, 6) is 2.58. The van der Waals surface area contributed by atoms with E-state index in [0.717, 1.165) is 18.4 Å². The van der Waals surface area contributed by atoms with Gasteiger partial charge in [-0.3, -0.25) is 5.10 Å². The van der Waals surface area contributed by atoms with Crippen LogP contribution in [0.25, 0.3) is 11.4 Å². The Balaban J connectivity index is 1.71. The number of nitrogens with zero attached hydrogens (tertiary/aromatic N) is 2. The summed E-state index contributed by atoms with van der Waals surface area (Å²) in [5, 5.41) is 7.23. The number of hydrogen-bond acceptors (Lipinski definition) is 5. The van der Waals surface area contributed by atoms with Crippen molar-refractivity contribution >= 4 is 0 Å². The van der Waals surface area contributed by atoms with Crippen LogP contribution in [0.4, 0.5) is 0 Å². The average Bonchev–Trinajstić information content (AvgIpc) is 3.16. The lowest BCUT2D eigenvalue weighted by Crippen LogP contribution is -2.13. The molecule has 0 radical (unpaired) electrons. The molecule has 1 atom stereocenters. The zero-order chi connectivity index (χ0) is 17.6. The van der Waals surface area contributed by atoms with Crippen molar-refractivity contribution in [3.8, 4) is 22.9 Å². The van der Waals surface area contributed by atoms with E-state index >= 15 is 0 Å². The van der Waals surface area contributed by atoms with Crippen LogP contribution in [-0.2, 0) is 6.42 Å². The van der Waals surface area contributed by atoms with Gasteiger partial charge in [-0.15, -0.1) is 0 Å². The van der Waals surface area contributed by atoms with Gasteiger partial charge in [0.05, 0.1) is 20.3 Å². The fourth-order valence-corrected chi connectivity index (χ4v) is 2.65. The molecule has 0 aliphatic carbocycles. The topological polar surface area (TPSA) is 86.0 Å². The zero-order valence-corrected chi connectivity index (χ0v) is 14.4. The number of H-pyrrole nitrogens is 1. The number of aromatic amines is 1. The largest absolute Gasteiger partial charge is 0.493 e. The minimum atomic E-state index is -0.193. The van der Waals surface area contributed by atoms with Crippen LogP contribution in [0.5, 0.6) is 11.5 Å². The summed E-state index contributed by atoms with van der Waals surface area (Å²) in [6.07, 6.45) is 1.69. The highest BCUT2D eigenvalue weighted by Gasteiger charge is 2.14. The van der Waals surface area contributed by atoms with Gasteiger partial charge in [0.15, 0.2) is 17.3 Å². The first kappa shape index (κ1) is 17.0. The molecule has 0 fully saturated rings. The van der Waals surface area contributed by atoms with Crippen LogP contribution in [-0.4, -0.2) is 29.4 Å². The van der Waals surface area contributed by atoms with Gasteiger partial charge in [-0.05, 0) is 36.6 Å². The van der Waals surface area contributed by atoms with Crippen LogP contribution in [0.15, 0.2) is 48.5 Å². The van der Waals surface area contributed by atoms with Crippen molar-refractivity contribution in [2.75, 3.05) is 14.2 Å². The fourth-order valence-electron chi connectivity index (χ4n) is 2.65. The molecule has 0 saturated heterocycles. The van der Waals surface area contributed by atoms with E-state index in [1.165, 1.54) is 5.56 Å². The Morgan fingerprint density at radius 3 is 2.52 bits per heavy atom. The molecule has 25 heavy (non-hydrogen) atoms. The molecule has 6 heteroatoms. The van der Waals surface area contributed by atoms with E-state index in [0.29, 0.717) is 23.1 Å². The van der Waals surface area contributed by atoms with Gasteiger partial charge in [0.2, 0.25) is 0 Å². The standard InChI is InChI=1S/C19H22N4O2/c1-24-16-11-9-14(12-17(16)25-2)18-21-19(23-22-18)15(20)10-8-13-6-4-3-5-7-13/h3-7,9,11-12,15H,8,10,20H2,1-2H3,(H,21,22,23)/t15-/m1/s1. The molecule has 0 aliphatic heterocycles. The zero-order valence-electron chi connectivity index (χ0n) is 14.4. The van der Waals surface area contributed by atoms with Gasteiger partial charge in [-0.1, -0.05) is 30.3 Å². The van der Waals surface area contributed by atoms with Crippen LogP contribution in [0, 0.1) is 0 Å². The highest BCUT2D eigenvalue weighted by Crippen LogP contribution is 2.31. The van der Waals surface area contributed by atoms with Crippen LogP contribution < -0.4 is 15.2 Å². The number of aryl methyl sites for hydroxylation is 1. The Kier molecular flexibility index (Phi) is 5.30. The Morgan fingerprint density at radius 1 is 1.04 bits per heavy atom. The maximum atomic E-state index is 6.26. The summed E-state index contributed by atoms with van der Waals surface area (Å²) in [6, 6.07) is 15.7. The maximum Gasteiger partial charge on any atom is 0.181 e. The predicted octanol–water partition coefficient (Wildman–Crippen LogP) is 3.12. The third-order valence-electron chi connectivity index (χ3n) is 4.08. The van der Waals surface area contributed by atoms with Crippen molar-refractivity contribution in [2.45, 2.75) is 18.9 Å². The average molecular weight is 338 g/mol.